The Morgan fingerprint density at radius 3 is 2.15 bits per heavy atom. The van der Waals surface area contributed by atoms with Gasteiger partial charge in [-0.15, -0.1) is 0 Å². The molecular weight excluding hydrogens is 432 g/mol. The summed E-state index contributed by atoms with van der Waals surface area (Å²) in [4.78, 5) is 24.9. The van der Waals surface area contributed by atoms with Crippen LogP contribution in [0.5, 0.6) is 5.75 Å². The highest BCUT2D eigenvalue weighted by atomic mass is 19.2. The maximum absolute atomic E-state index is 13.3. The SMILES string of the molecule is O=C(O)CN(CCOc1ccc(F)c(F)c1)C(=O)OCC1c2ccccc2-c2ccccc21. The molecule has 0 heterocycles. The van der Waals surface area contributed by atoms with E-state index in [9.17, 15) is 23.5 Å². The third kappa shape index (κ3) is 4.95. The van der Waals surface area contributed by atoms with E-state index in [1.807, 2.05) is 48.5 Å². The number of nitrogens with zero attached hydrogens (tertiary/aromatic N) is 1. The van der Waals surface area contributed by atoms with E-state index in [1.165, 1.54) is 6.07 Å². The Balaban J connectivity index is 1.40. The summed E-state index contributed by atoms with van der Waals surface area (Å²) in [6, 6.07) is 18.8. The van der Waals surface area contributed by atoms with Crippen molar-refractivity contribution in [3.05, 3.63) is 89.5 Å². The zero-order chi connectivity index (χ0) is 23.4. The molecule has 0 unspecified atom stereocenters. The normalized spacial score (nSPS) is 12.1. The average molecular weight is 453 g/mol. The van der Waals surface area contributed by atoms with Crippen molar-refractivity contribution in [3.8, 4) is 16.9 Å². The molecule has 1 aliphatic carbocycles. The van der Waals surface area contributed by atoms with Gasteiger partial charge in [-0.05, 0) is 34.4 Å². The Bertz CT molecular complexity index is 1140. The predicted molar refractivity (Wildman–Crippen MR) is 116 cm³/mol. The number of carboxylic acids is 1. The van der Waals surface area contributed by atoms with Gasteiger partial charge in [0.05, 0.1) is 6.54 Å². The lowest BCUT2D eigenvalue weighted by Crippen LogP contribution is -2.39. The van der Waals surface area contributed by atoms with E-state index in [2.05, 4.69) is 0 Å². The second-order valence-corrected chi connectivity index (χ2v) is 7.54. The Labute approximate surface area is 189 Å². The second kappa shape index (κ2) is 9.68. The summed E-state index contributed by atoms with van der Waals surface area (Å²) in [6.45, 7) is -0.769. The molecule has 4 rings (SSSR count). The molecule has 6 nitrogen and oxygen atoms in total. The molecule has 0 fully saturated rings. The lowest BCUT2D eigenvalue weighted by atomic mass is 9.98. The maximum atomic E-state index is 13.3. The molecule has 3 aromatic carbocycles. The van der Waals surface area contributed by atoms with Gasteiger partial charge >= 0.3 is 12.1 Å². The van der Waals surface area contributed by atoms with Crippen LogP contribution in [0.4, 0.5) is 13.6 Å². The Hall–Kier alpha value is -3.94. The van der Waals surface area contributed by atoms with Gasteiger partial charge in [-0.1, -0.05) is 48.5 Å². The van der Waals surface area contributed by atoms with Gasteiger partial charge < -0.3 is 14.6 Å². The van der Waals surface area contributed by atoms with Gasteiger partial charge in [0.1, 0.15) is 25.5 Å². The predicted octanol–water partition coefficient (Wildman–Crippen LogP) is 4.68. The Kier molecular flexibility index (Phi) is 6.53. The summed E-state index contributed by atoms with van der Waals surface area (Å²) in [6.07, 6.45) is -0.798. The van der Waals surface area contributed by atoms with E-state index < -0.39 is 30.2 Å². The number of hydrogen-bond donors (Lipinski definition) is 1. The van der Waals surface area contributed by atoms with Gasteiger partial charge in [0.2, 0.25) is 0 Å². The summed E-state index contributed by atoms with van der Waals surface area (Å²) in [5.74, 6) is -3.38. The summed E-state index contributed by atoms with van der Waals surface area (Å²) in [5.41, 5.74) is 4.24. The Morgan fingerprint density at radius 2 is 1.55 bits per heavy atom. The quantitative estimate of drug-likeness (QED) is 0.536. The van der Waals surface area contributed by atoms with Crippen molar-refractivity contribution in [3.63, 3.8) is 0 Å². The van der Waals surface area contributed by atoms with Crippen molar-refractivity contribution in [2.45, 2.75) is 5.92 Å². The number of ether oxygens (including phenoxy) is 2. The molecule has 33 heavy (non-hydrogen) atoms. The van der Waals surface area contributed by atoms with Crippen LogP contribution in [0.25, 0.3) is 11.1 Å². The van der Waals surface area contributed by atoms with Gasteiger partial charge in [0.25, 0.3) is 0 Å². The number of carbonyl (C=O) groups is 2. The Morgan fingerprint density at radius 1 is 0.909 bits per heavy atom. The van der Waals surface area contributed by atoms with E-state index in [0.717, 1.165) is 39.3 Å². The molecule has 0 radical (unpaired) electrons. The van der Waals surface area contributed by atoms with Crippen LogP contribution in [0.1, 0.15) is 17.0 Å². The van der Waals surface area contributed by atoms with Crippen molar-refractivity contribution in [1.29, 1.82) is 0 Å². The minimum Gasteiger partial charge on any atom is -0.492 e. The van der Waals surface area contributed by atoms with E-state index >= 15 is 0 Å². The molecule has 1 N–H and O–H groups in total. The van der Waals surface area contributed by atoms with Gasteiger partial charge in [-0.3, -0.25) is 9.69 Å². The second-order valence-electron chi connectivity index (χ2n) is 7.54. The van der Waals surface area contributed by atoms with Gasteiger partial charge in [0, 0.05) is 12.0 Å². The maximum Gasteiger partial charge on any atom is 0.410 e. The monoisotopic (exact) mass is 453 g/mol. The molecular formula is C25H21F2NO5. The van der Waals surface area contributed by atoms with Crippen LogP contribution in [-0.4, -0.2) is 48.4 Å². The van der Waals surface area contributed by atoms with Crippen LogP contribution >= 0.6 is 0 Å². The third-order valence-corrected chi connectivity index (χ3v) is 5.44. The number of rotatable bonds is 8. The highest BCUT2D eigenvalue weighted by Gasteiger charge is 2.30. The first-order valence-electron chi connectivity index (χ1n) is 10.3. The smallest absolute Gasteiger partial charge is 0.410 e. The minimum absolute atomic E-state index is 0.0486. The van der Waals surface area contributed by atoms with Crippen molar-refractivity contribution < 1.29 is 33.0 Å². The molecule has 0 saturated heterocycles. The number of carboxylic acid groups (broad SMARTS) is 1. The van der Waals surface area contributed by atoms with E-state index in [4.69, 9.17) is 9.47 Å². The molecule has 0 saturated carbocycles. The van der Waals surface area contributed by atoms with Crippen molar-refractivity contribution in [2.24, 2.45) is 0 Å². The molecule has 0 aromatic heterocycles. The fourth-order valence-corrected chi connectivity index (χ4v) is 3.92. The minimum atomic E-state index is -1.21. The molecule has 0 atom stereocenters. The molecule has 0 spiro atoms. The van der Waals surface area contributed by atoms with Crippen molar-refractivity contribution in [2.75, 3.05) is 26.3 Å². The highest BCUT2D eigenvalue weighted by molar-refractivity contribution is 5.79. The molecule has 3 aromatic rings. The average Bonchev–Trinajstić information content (AvgIpc) is 3.12. The van der Waals surface area contributed by atoms with Gasteiger partial charge in [0.15, 0.2) is 11.6 Å². The zero-order valence-corrected chi connectivity index (χ0v) is 17.5. The fraction of sp³-hybridized carbons (Fsp3) is 0.200. The first-order valence-corrected chi connectivity index (χ1v) is 10.3. The standard InChI is InChI=1S/C25H21F2NO5/c26-22-10-9-16(13-23(22)27)32-12-11-28(14-24(29)30)25(31)33-15-21-19-7-3-1-5-17(19)18-6-2-4-8-20(18)21/h1-10,13,21H,11-12,14-15H2,(H,29,30). The topological polar surface area (TPSA) is 76.1 Å². The van der Waals surface area contributed by atoms with Crippen molar-refractivity contribution in [1.82, 2.24) is 4.90 Å². The van der Waals surface area contributed by atoms with E-state index in [-0.39, 0.29) is 31.4 Å². The van der Waals surface area contributed by atoms with Crippen molar-refractivity contribution >= 4 is 12.1 Å². The number of amides is 1. The number of fused-ring (bicyclic) bond motifs is 3. The number of carbonyl (C=O) groups excluding carboxylic acids is 1. The molecule has 1 amide bonds. The van der Waals surface area contributed by atoms with E-state index in [1.54, 1.807) is 0 Å². The van der Waals surface area contributed by atoms with Crippen LogP contribution in [0.2, 0.25) is 0 Å². The third-order valence-electron chi connectivity index (χ3n) is 5.44. The number of benzene rings is 3. The van der Waals surface area contributed by atoms with Crippen LogP contribution < -0.4 is 4.74 Å². The molecule has 1 aliphatic rings. The first kappa shape index (κ1) is 22.3. The number of halogens is 2. The van der Waals surface area contributed by atoms with Gasteiger partial charge in [-0.25, -0.2) is 13.6 Å². The molecule has 0 aliphatic heterocycles. The number of hydrogen-bond acceptors (Lipinski definition) is 4. The van der Waals surface area contributed by atoms with Crippen LogP contribution in [-0.2, 0) is 9.53 Å². The molecule has 0 bridgehead atoms. The lowest BCUT2D eigenvalue weighted by molar-refractivity contribution is -0.138. The molecule has 8 heteroatoms. The van der Waals surface area contributed by atoms with Crippen LogP contribution in [0, 0.1) is 11.6 Å². The zero-order valence-electron chi connectivity index (χ0n) is 17.5. The number of aliphatic carboxylic acids is 1. The largest absolute Gasteiger partial charge is 0.492 e. The van der Waals surface area contributed by atoms with Crippen LogP contribution in [0.3, 0.4) is 0 Å². The molecule has 170 valence electrons. The van der Waals surface area contributed by atoms with Crippen LogP contribution in [0.15, 0.2) is 66.7 Å². The summed E-state index contributed by atoms with van der Waals surface area (Å²) < 4.78 is 37.2. The van der Waals surface area contributed by atoms with E-state index in [0.29, 0.717) is 0 Å². The summed E-state index contributed by atoms with van der Waals surface area (Å²) in [5, 5.41) is 9.17. The first-order chi connectivity index (χ1) is 15.9. The summed E-state index contributed by atoms with van der Waals surface area (Å²) >= 11 is 0. The van der Waals surface area contributed by atoms with Gasteiger partial charge in [-0.2, -0.15) is 0 Å². The highest BCUT2D eigenvalue weighted by Crippen LogP contribution is 2.44. The summed E-state index contributed by atoms with van der Waals surface area (Å²) in [7, 11) is 0. The lowest BCUT2D eigenvalue weighted by Gasteiger charge is -2.22. The fourth-order valence-electron chi connectivity index (χ4n) is 3.92.